The Bertz CT molecular complexity index is 1230. The molecule has 1 spiro atoms. The number of ether oxygens (including phenoxy) is 1. The Morgan fingerprint density at radius 2 is 1.74 bits per heavy atom. The van der Waals surface area contributed by atoms with Crippen LogP contribution in [0.25, 0.3) is 0 Å². The average Bonchev–Trinajstić information content (AvgIpc) is 3.14. The van der Waals surface area contributed by atoms with E-state index in [1.54, 1.807) is 19.2 Å². The predicted molar refractivity (Wildman–Crippen MR) is 136 cm³/mol. The van der Waals surface area contributed by atoms with Crippen molar-refractivity contribution in [2.24, 2.45) is 0 Å². The van der Waals surface area contributed by atoms with Gasteiger partial charge >= 0.3 is 5.97 Å². The van der Waals surface area contributed by atoms with Crippen LogP contribution < -0.4 is 10.1 Å². The highest BCUT2D eigenvalue weighted by molar-refractivity contribution is 6.31. The third kappa shape index (κ3) is 3.73. The first-order valence-corrected chi connectivity index (χ1v) is 12.3. The van der Waals surface area contributed by atoms with E-state index in [4.69, 9.17) is 27.9 Å². The summed E-state index contributed by atoms with van der Waals surface area (Å²) < 4.78 is 5.74. The van der Waals surface area contributed by atoms with Crippen molar-refractivity contribution in [1.82, 2.24) is 0 Å². The maximum Gasteiger partial charge on any atom is 0.329 e. The van der Waals surface area contributed by atoms with Gasteiger partial charge in [-0.15, -0.1) is 0 Å². The van der Waals surface area contributed by atoms with Crippen LogP contribution in [0.5, 0.6) is 5.75 Å². The average molecular weight is 496 g/mol. The molecule has 5 rings (SSSR count). The van der Waals surface area contributed by atoms with Crippen LogP contribution in [0.2, 0.25) is 10.0 Å². The van der Waals surface area contributed by atoms with Crippen LogP contribution in [-0.2, 0) is 16.6 Å². The molecule has 3 aromatic carbocycles. The van der Waals surface area contributed by atoms with Gasteiger partial charge in [0.1, 0.15) is 11.3 Å². The highest BCUT2D eigenvalue weighted by Gasteiger charge is 2.55. The first-order chi connectivity index (χ1) is 16.4. The molecule has 1 atom stereocenters. The Kier molecular flexibility index (Phi) is 5.99. The first-order valence-electron chi connectivity index (χ1n) is 11.6. The van der Waals surface area contributed by atoms with Crippen LogP contribution in [-0.4, -0.2) is 23.7 Å². The van der Waals surface area contributed by atoms with Gasteiger partial charge in [-0.3, -0.25) is 0 Å². The van der Waals surface area contributed by atoms with Crippen LogP contribution >= 0.6 is 23.2 Å². The number of carbonyl (C=O) groups is 1. The zero-order chi connectivity index (χ0) is 23.9. The van der Waals surface area contributed by atoms with Gasteiger partial charge in [0.15, 0.2) is 0 Å². The lowest BCUT2D eigenvalue weighted by Crippen LogP contribution is -2.52. The summed E-state index contributed by atoms with van der Waals surface area (Å²) in [6, 6.07) is 21.6. The number of fused-ring (bicyclic) bond motifs is 2. The van der Waals surface area contributed by atoms with Crippen molar-refractivity contribution in [3.63, 3.8) is 0 Å². The van der Waals surface area contributed by atoms with E-state index >= 15 is 0 Å². The molecule has 2 N–H and O–H groups in total. The van der Waals surface area contributed by atoms with Gasteiger partial charge in [-0.1, -0.05) is 59.6 Å². The molecule has 1 unspecified atom stereocenters. The normalized spacial score (nSPS) is 25.7. The highest BCUT2D eigenvalue weighted by atomic mass is 35.5. The van der Waals surface area contributed by atoms with E-state index in [0.29, 0.717) is 22.9 Å². The number of halogens is 2. The van der Waals surface area contributed by atoms with Gasteiger partial charge in [-0.25, -0.2) is 4.79 Å². The lowest BCUT2D eigenvalue weighted by molar-refractivity contribution is -0.144. The van der Waals surface area contributed by atoms with E-state index in [1.807, 2.05) is 30.3 Å². The standard InChI is InChI=1S/C28H27Cl2NO3/c1-34-24-11-5-10-23(30)25(24)22-16-18-6-2-3-9-21(18)27(22)12-14-28(15-13-27,26(32)33)31-20-8-4-7-19(29)17-20/h2-11,17,22,31H,12-16H2,1H3,(H,32,33). The van der Waals surface area contributed by atoms with E-state index < -0.39 is 11.5 Å². The molecule has 176 valence electrons. The topological polar surface area (TPSA) is 58.6 Å². The smallest absolute Gasteiger partial charge is 0.329 e. The van der Waals surface area contributed by atoms with Gasteiger partial charge in [-0.05, 0) is 73.6 Å². The van der Waals surface area contributed by atoms with Crippen LogP contribution in [0.3, 0.4) is 0 Å². The third-order valence-corrected chi connectivity index (χ3v) is 8.40. The number of nitrogens with one attached hydrogen (secondary N) is 1. The quantitative estimate of drug-likeness (QED) is 0.396. The molecule has 2 aliphatic rings. The van der Waals surface area contributed by atoms with Crippen molar-refractivity contribution in [1.29, 1.82) is 0 Å². The Hall–Kier alpha value is -2.69. The zero-order valence-corrected chi connectivity index (χ0v) is 20.5. The molecule has 0 aromatic heterocycles. The predicted octanol–water partition coefficient (Wildman–Crippen LogP) is 7.09. The van der Waals surface area contributed by atoms with Gasteiger partial charge in [0.2, 0.25) is 0 Å². The number of benzene rings is 3. The van der Waals surface area contributed by atoms with Crippen LogP contribution in [0.4, 0.5) is 5.69 Å². The number of anilines is 1. The van der Waals surface area contributed by atoms with Gasteiger partial charge < -0.3 is 15.2 Å². The summed E-state index contributed by atoms with van der Waals surface area (Å²) in [6.45, 7) is 0. The second-order valence-corrected chi connectivity index (χ2v) is 10.3. The van der Waals surface area contributed by atoms with Gasteiger partial charge in [0, 0.05) is 32.6 Å². The molecule has 0 amide bonds. The van der Waals surface area contributed by atoms with E-state index in [9.17, 15) is 9.90 Å². The van der Waals surface area contributed by atoms with Crippen molar-refractivity contribution in [2.45, 2.75) is 49.0 Å². The summed E-state index contributed by atoms with van der Waals surface area (Å²) in [5.41, 5.74) is 3.10. The number of carboxylic acids is 1. The fraction of sp³-hybridized carbons (Fsp3) is 0.321. The van der Waals surface area contributed by atoms with Crippen molar-refractivity contribution in [3.8, 4) is 5.75 Å². The highest BCUT2D eigenvalue weighted by Crippen LogP contribution is 2.60. The summed E-state index contributed by atoms with van der Waals surface area (Å²) in [7, 11) is 1.68. The minimum atomic E-state index is -1.05. The number of rotatable bonds is 5. The molecule has 0 radical (unpaired) electrons. The molecule has 0 heterocycles. The Balaban J connectivity index is 1.55. The van der Waals surface area contributed by atoms with Crippen LogP contribution in [0, 0.1) is 0 Å². The number of hydrogen-bond acceptors (Lipinski definition) is 3. The first kappa shape index (κ1) is 23.1. The summed E-state index contributed by atoms with van der Waals surface area (Å²) in [6.07, 6.45) is 3.29. The fourth-order valence-electron chi connectivity index (χ4n) is 6.17. The lowest BCUT2D eigenvalue weighted by atomic mass is 9.59. The molecule has 34 heavy (non-hydrogen) atoms. The number of hydrogen-bond donors (Lipinski definition) is 2. The van der Waals surface area contributed by atoms with Crippen molar-refractivity contribution < 1.29 is 14.6 Å². The summed E-state index contributed by atoms with van der Waals surface area (Å²) in [5, 5.41) is 14.9. The van der Waals surface area contributed by atoms with Crippen molar-refractivity contribution >= 4 is 34.9 Å². The van der Waals surface area contributed by atoms with Crippen molar-refractivity contribution in [3.05, 3.63) is 93.5 Å². The molecule has 6 heteroatoms. The van der Waals surface area contributed by atoms with Crippen LogP contribution in [0.15, 0.2) is 66.7 Å². The largest absolute Gasteiger partial charge is 0.496 e. The maximum atomic E-state index is 12.6. The minimum Gasteiger partial charge on any atom is -0.496 e. The molecule has 0 aliphatic heterocycles. The zero-order valence-electron chi connectivity index (χ0n) is 19.0. The van der Waals surface area contributed by atoms with Gasteiger partial charge in [0.05, 0.1) is 7.11 Å². The second-order valence-electron chi connectivity index (χ2n) is 9.45. The Morgan fingerprint density at radius 3 is 2.44 bits per heavy atom. The summed E-state index contributed by atoms with van der Waals surface area (Å²) in [5.74, 6) is 0.0730. The Morgan fingerprint density at radius 1 is 1.00 bits per heavy atom. The third-order valence-electron chi connectivity index (χ3n) is 7.84. The molecular formula is C28H27Cl2NO3. The van der Waals surface area contributed by atoms with Gasteiger partial charge in [0.25, 0.3) is 0 Å². The SMILES string of the molecule is COc1cccc(Cl)c1C1Cc2ccccc2C12CCC(Nc1cccc(Cl)c1)(C(=O)O)CC2. The summed E-state index contributed by atoms with van der Waals surface area (Å²) >= 11 is 12.9. The Labute approximate surface area is 209 Å². The monoisotopic (exact) mass is 495 g/mol. The molecule has 4 nitrogen and oxygen atoms in total. The molecular weight excluding hydrogens is 469 g/mol. The number of aliphatic carboxylic acids is 1. The molecule has 1 saturated carbocycles. The lowest BCUT2D eigenvalue weighted by Gasteiger charge is -2.47. The molecule has 1 fully saturated rings. The fourth-order valence-corrected chi connectivity index (χ4v) is 6.66. The van der Waals surface area contributed by atoms with E-state index in [2.05, 4.69) is 29.6 Å². The van der Waals surface area contributed by atoms with Crippen LogP contribution in [0.1, 0.15) is 48.3 Å². The van der Waals surface area contributed by atoms with Gasteiger partial charge in [-0.2, -0.15) is 0 Å². The molecule has 0 saturated heterocycles. The minimum absolute atomic E-state index is 0.117. The van der Waals surface area contributed by atoms with E-state index in [-0.39, 0.29) is 11.3 Å². The molecule has 0 bridgehead atoms. The number of carboxylic acid groups (broad SMARTS) is 1. The molecule has 3 aromatic rings. The summed E-state index contributed by atoms with van der Waals surface area (Å²) in [4.78, 5) is 12.6. The number of methoxy groups -OCH3 is 1. The molecule has 2 aliphatic carbocycles. The second kappa shape index (κ2) is 8.83. The van der Waals surface area contributed by atoms with E-state index in [1.165, 1.54) is 11.1 Å². The van der Waals surface area contributed by atoms with E-state index in [0.717, 1.165) is 36.3 Å². The van der Waals surface area contributed by atoms with Crippen molar-refractivity contribution in [2.75, 3.05) is 12.4 Å². The maximum absolute atomic E-state index is 12.6.